The van der Waals surface area contributed by atoms with Crippen LogP contribution in [0, 0.1) is 10.7 Å². The lowest BCUT2D eigenvalue weighted by Gasteiger charge is -1.81. The molecule has 0 aromatic rings. The number of allylic oxidation sites excluding steroid dienone is 2. The molecule has 0 aliphatic heterocycles. The molecule has 2 heteroatoms. The number of nitrogens with zero attached hydrogens (tertiary/aromatic N) is 1. The smallest absolute Gasteiger partial charge is 0.137 e. The second-order valence-corrected chi connectivity index (χ2v) is 1.93. The van der Waals surface area contributed by atoms with E-state index in [4.69, 9.17) is 5.26 Å². The molecule has 0 saturated heterocycles. The van der Waals surface area contributed by atoms with Crippen molar-refractivity contribution in [2.75, 3.05) is 0 Å². The van der Waals surface area contributed by atoms with Gasteiger partial charge in [0.05, 0.1) is 0 Å². The molecule has 0 unspecified atom stereocenters. The maximum atomic E-state index is 8.04. The number of thioether (sulfide) groups is 1. The van der Waals surface area contributed by atoms with E-state index >= 15 is 0 Å². The third-order valence-electron chi connectivity index (χ3n) is 0.619. The molecule has 0 aromatic carbocycles. The van der Waals surface area contributed by atoms with E-state index in [0.29, 0.717) is 0 Å². The summed E-state index contributed by atoms with van der Waals surface area (Å²) in [5.41, 5.74) is 1.02. The van der Waals surface area contributed by atoms with Gasteiger partial charge in [0.25, 0.3) is 0 Å². The molecule has 0 bridgehead atoms. The predicted molar refractivity (Wildman–Crippen MR) is 37.2 cm³/mol. The summed E-state index contributed by atoms with van der Waals surface area (Å²) in [6.07, 6.45) is 1.71. The van der Waals surface area contributed by atoms with Crippen molar-refractivity contribution in [2.45, 2.75) is 6.92 Å². The molecule has 0 fully saturated rings. The average molecular weight is 125 g/mol. The Balaban J connectivity index is 3.61. The molecular weight excluding hydrogens is 118 g/mol. The molecule has 0 aliphatic rings. The molecule has 0 spiro atoms. The summed E-state index contributed by atoms with van der Waals surface area (Å²) in [4.78, 5) is 0. The van der Waals surface area contributed by atoms with Crippen molar-refractivity contribution in [1.82, 2.24) is 0 Å². The summed E-state index contributed by atoms with van der Waals surface area (Å²) in [5.74, 6) is 0. The largest absolute Gasteiger partial charge is 0.185 e. The van der Waals surface area contributed by atoms with Gasteiger partial charge < -0.3 is 0 Å². The molecular formula is C6H7NS. The highest BCUT2D eigenvalue weighted by atomic mass is 32.2. The molecule has 0 aliphatic carbocycles. The molecule has 0 N–H and O–H groups in total. The zero-order chi connectivity index (χ0) is 6.41. The van der Waals surface area contributed by atoms with Crippen LogP contribution in [0.25, 0.3) is 0 Å². The van der Waals surface area contributed by atoms with Gasteiger partial charge in [-0.2, -0.15) is 5.26 Å². The van der Waals surface area contributed by atoms with Crippen LogP contribution in [0.4, 0.5) is 0 Å². The van der Waals surface area contributed by atoms with Gasteiger partial charge in [-0.25, -0.2) is 0 Å². The third kappa shape index (κ3) is 3.51. The summed E-state index contributed by atoms with van der Waals surface area (Å²) in [5, 5.41) is 11.7. The monoisotopic (exact) mass is 125 g/mol. The maximum absolute atomic E-state index is 8.04. The first-order valence-corrected chi connectivity index (χ1v) is 3.03. The van der Waals surface area contributed by atoms with Crippen molar-refractivity contribution >= 4 is 11.8 Å². The summed E-state index contributed by atoms with van der Waals surface area (Å²) in [6.45, 7) is 5.42. The van der Waals surface area contributed by atoms with Crippen LogP contribution in [0.2, 0.25) is 0 Å². The Hall–Kier alpha value is -0.680. The van der Waals surface area contributed by atoms with E-state index in [1.54, 1.807) is 11.5 Å². The van der Waals surface area contributed by atoms with Gasteiger partial charge in [0.15, 0.2) is 0 Å². The van der Waals surface area contributed by atoms with Crippen LogP contribution >= 0.6 is 11.8 Å². The number of rotatable bonds is 2. The van der Waals surface area contributed by atoms with E-state index in [0.717, 1.165) is 17.3 Å². The van der Waals surface area contributed by atoms with Crippen LogP contribution in [0.15, 0.2) is 23.6 Å². The van der Waals surface area contributed by atoms with Crippen LogP contribution in [-0.2, 0) is 0 Å². The second kappa shape index (κ2) is 4.48. The van der Waals surface area contributed by atoms with Gasteiger partial charge in [-0.3, -0.25) is 0 Å². The number of nitriles is 1. The quantitative estimate of drug-likeness (QED) is 0.417. The van der Waals surface area contributed by atoms with Crippen LogP contribution in [0.1, 0.15) is 6.92 Å². The SMILES string of the molecule is C=C/C(C)=C/SC#N. The Labute approximate surface area is 53.7 Å². The fourth-order valence-electron chi connectivity index (χ4n) is 0.167. The molecule has 0 radical (unpaired) electrons. The van der Waals surface area contributed by atoms with E-state index in [-0.39, 0.29) is 0 Å². The molecule has 0 amide bonds. The Bertz CT molecular complexity index is 141. The average Bonchev–Trinajstić information content (AvgIpc) is 1.83. The minimum atomic E-state index is 1.02. The van der Waals surface area contributed by atoms with Crippen LogP contribution in [0.5, 0.6) is 0 Å². The standard InChI is InChI=1S/C6H7NS/c1-3-6(2)4-8-5-7/h3-4H,1H2,2H3/b6-4+. The van der Waals surface area contributed by atoms with Crippen LogP contribution in [-0.4, -0.2) is 0 Å². The van der Waals surface area contributed by atoms with Crippen molar-refractivity contribution in [3.63, 3.8) is 0 Å². The Morgan fingerprint density at radius 1 is 1.88 bits per heavy atom. The summed E-state index contributed by atoms with van der Waals surface area (Å²) in [7, 11) is 0. The van der Waals surface area contributed by atoms with Crippen molar-refractivity contribution < 1.29 is 0 Å². The lowest BCUT2D eigenvalue weighted by Crippen LogP contribution is -1.58. The first-order chi connectivity index (χ1) is 3.81. The van der Waals surface area contributed by atoms with Crippen molar-refractivity contribution in [3.05, 3.63) is 23.6 Å². The molecule has 0 atom stereocenters. The topological polar surface area (TPSA) is 23.8 Å². The first-order valence-electron chi connectivity index (χ1n) is 2.15. The van der Waals surface area contributed by atoms with Gasteiger partial charge in [-0.05, 0) is 29.7 Å². The van der Waals surface area contributed by atoms with Crippen LogP contribution in [0.3, 0.4) is 0 Å². The fourth-order valence-corrected chi connectivity index (χ4v) is 0.502. The minimum absolute atomic E-state index is 1.02. The van der Waals surface area contributed by atoms with Crippen molar-refractivity contribution in [1.29, 1.82) is 5.26 Å². The highest BCUT2D eigenvalue weighted by molar-refractivity contribution is 8.06. The van der Waals surface area contributed by atoms with E-state index in [1.807, 2.05) is 12.3 Å². The van der Waals surface area contributed by atoms with Gasteiger partial charge in [-0.1, -0.05) is 12.7 Å². The number of hydrogen-bond donors (Lipinski definition) is 0. The normalized spacial score (nSPS) is 10.2. The molecule has 0 saturated carbocycles. The maximum Gasteiger partial charge on any atom is 0.137 e. The molecule has 42 valence electrons. The summed E-state index contributed by atoms with van der Waals surface area (Å²) < 4.78 is 0. The zero-order valence-electron chi connectivity index (χ0n) is 4.72. The Morgan fingerprint density at radius 3 is 2.88 bits per heavy atom. The summed E-state index contributed by atoms with van der Waals surface area (Å²) >= 11 is 1.11. The van der Waals surface area contributed by atoms with Crippen molar-refractivity contribution in [3.8, 4) is 5.40 Å². The van der Waals surface area contributed by atoms with E-state index in [9.17, 15) is 0 Å². The zero-order valence-corrected chi connectivity index (χ0v) is 5.53. The third-order valence-corrected chi connectivity index (χ3v) is 1.21. The molecule has 0 aromatic heterocycles. The highest BCUT2D eigenvalue weighted by Gasteiger charge is 1.76. The van der Waals surface area contributed by atoms with Gasteiger partial charge in [0.1, 0.15) is 5.40 Å². The lowest BCUT2D eigenvalue weighted by molar-refractivity contribution is 1.56. The van der Waals surface area contributed by atoms with Gasteiger partial charge in [0, 0.05) is 0 Å². The minimum Gasteiger partial charge on any atom is -0.185 e. The molecule has 0 rings (SSSR count). The second-order valence-electron chi connectivity index (χ2n) is 1.28. The van der Waals surface area contributed by atoms with Gasteiger partial charge in [0.2, 0.25) is 0 Å². The van der Waals surface area contributed by atoms with Gasteiger partial charge >= 0.3 is 0 Å². The Kier molecular flexibility index (Phi) is 4.10. The molecule has 1 nitrogen and oxygen atoms in total. The van der Waals surface area contributed by atoms with Gasteiger partial charge in [-0.15, -0.1) is 0 Å². The predicted octanol–water partition coefficient (Wildman–Crippen LogP) is 2.29. The van der Waals surface area contributed by atoms with Crippen molar-refractivity contribution in [2.24, 2.45) is 0 Å². The van der Waals surface area contributed by atoms with Crippen LogP contribution < -0.4 is 0 Å². The van der Waals surface area contributed by atoms with E-state index in [1.165, 1.54) is 0 Å². The summed E-state index contributed by atoms with van der Waals surface area (Å²) in [6, 6.07) is 0. The molecule has 8 heavy (non-hydrogen) atoms. The number of thiocyanates is 1. The first kappa shape index (κ1) is 7.32. The van der Waals surface area contributed by atoms with E-state index < -0.39 is 0 Å². The molecule has 0 heterocycles. The fraction of sp³-hybridized carbons (Fsp3) is 0.167. The Morgan fingerprint density at radius 2 is 2.50 bits per heavy atom. The highest BCUT2D eigenvalue weighted by Crippen LogP contribution is 2.03. The lowest BCUT2D eigenvalue weighted by atomic mass is 10.4. The number of hydrogen-bond acceptors (Lipinski definition) is 2. The van der Waals surface area contributed by atoms with E-state index in [2.05, 4.69) is 6.58 Å².